The van der Waals surface area contributed by atoms with Crippen molar-refractivity contribution in [2.24, 2.45) is 0 Å². The zero-order valence-corrected chi connectivity index (χ0v) is 17.5. The fourth-order valence-electron chi connectivity index (χ4n) is 3.72. The lowest BCUT2D eigenvalue weighted by Crippen LogP contribution is -2.38. The van der Waals surface area contributed by atoms with Crippen molar-refractivity contribution in [2.45, 2.75) is 70.9 Å². The molecule has 29 heavy (non-hydrogen) atoms. The summed E-state index contributed by atoms with van der Waals surface area (Å²) in [5.74, 6) is 1.15. The smallest absolute Gasteiger partial charge is 0.273 e. The molecule has 1 N–H and O–H groups in total. The number of carbonyl (C=O) groups excluding carboxylic acids is 1. The van der Waals surface area contributed by atoms with Crippen LogP contribution in [0.25, 0.3) is 11.4 Å². The van der Waals surface area contributed by atoms with Crippen molar-refractivity contribution in [2.75, 3.05) is 7.05 Å². The summed E-state index contributed by atoms with van der Waals surface area (Å²) >= 11 is 0. The third kappa shape index (κ3) is 5.65. The van der Waals surface area contributed by atoms with Gasteiger partial charge >= 0.3 is 0 Å². The van der Waals surface area contributed by atoms with Crippen molar-refractivity contribution >= 4 is 5.91 Å². The van der Waals surface area contributed by atoms with E-state index in [-0.39, 0.29) is 36.1 Å². The molecule has 1 aliphatic rings. The highest BCUT2D eigenvalue weighted by atomic mass is 16.5. The molecule has 1 heterocycles. The summed E-state index contributed by atoms with van der Waals surface area (Å²) in [6, 6.07) is 7.69. The zero-order valence-electron chi connectivity index (χ0n) is 17.5. The second kappa shape index (κ2) is 9.67. The second-order valence-corrected chi connectivity index (χ2v) is 7.94. The Bertz CT molecular complexity index is 888. The number of aryl methyl sites for hydroxylation is 1. The Morgan fingerprint density at radius 1 is 1.24 bits per heavy atom. The number of aromatic nitrogens is 3. The van der Waals surface area contributed by atoms with Crippen molar-refractivity contribution in [3.63, 3.8) is 0 Å². The number of benzene rings is 1. The number of amides is 1. The minimum absolute atomic E-state index is 0.0562. The number of aromatic amines is 1. The molecule has 3 rings (SSSR count). The zero-order chi connectivity index (χ0) is 20.8. The monoisotopic (exact) mass is 398 g/mol. The van der Waals surface area contributed by atoms with E-state index < -0.39 is 0 Å². The van der Waals surface area contributed by atoms with E-state index in [4.69, 9.17) is 4.74 Å². The van der Waals surface area contributed by atoms with Crippen LogP contribution in [-0.4, -0.2) is 45.2 Å². The molecule has 1 amide bonds. The molecular formula is C22H30N4O3. The summed E-state index contributed by atoms with van der Waals surface area (Å²) in [6.07, 6.45) is 6.35. The van der Waals surface area contributed by atoms with Crippen LogP contribution >= 0.6 is 0 Å². The third-order valence-corrected chi connectivity index (χ3v) is 5.34. The van der Waals surface area contributed by atoms with Crippen molar-refractivity contribution < 1.29 is 9.53 Å². The van der Waals surface area contributed by atoms with Crippen molar-refractivity contribution in [1.29, 1.82) is 0 Å². The molecule has 1 aromatic carbocycles. The summed E-state index contributed by atoms with van der Waals surface area (Å²) < 4.78 is 5.69. The van der Waals surface area contributed by atoms with Gasteiger partial charge in [-0.25, -0.2) is 0 Å². The number of ether oxygens (including phenoxy) is 1. The van der Waals surface area contributed by atoms with E-state index in [1.807, 2.05) is 50.1 Å². The first-order chi connectivity index (χ1) is 13.9. The number of nitrogens with zero attached hydrogens (tertiary/aromatic N) is 3. The van der Waals surface area contributed by atoms with Gasteiger partial charge in [0.25, 0.3) is 5.56 Å². The highest BCUT2D eigenvalue weighted by molar-refractivity contribution is 5.76. The molecule has 1 fully saturated rings. The third-order valence-electron chi connectivity index (χ3n) is 5.34. The molecule has 1 aliphatic carbocycles. The van der Waals surface area contributed by atoms with E-state index in [0.717, 1.165) is 18.4 Å². The van der Waals surface area contributed by atoms with Crippen LogP contribution in [0, 0.1) is 0 Å². The molecule has 0 aliphatic heterocycles. The lowest BCUT2D eigenvalue weighted by Gasteiger charge is -2.31. The Kier molecular flexibility index (Phi) is 7.01. The number of hydrogen-bond acceptors (Lipinski definition) is 5. The van der Waals surface area contributed by atoms with Crippen molar-refractivity contribution in [3.05, 3.63) is 40.3 Å². The maximum atomic E-state index is 12.5. The van der Waals surface area contributed by atoms with Crippen LogP contribution in [0.2, 0.25) is 0 Å². The standard InChI is InChI=1S/C22H30N4O3/c1-15(2)29-18-11-7-8-16(14-18)21-23-22(28)19(24-25-21)12-13-20(27)26(3)17-9-5-4-6-10-17/h7-8,11,14-15,17H,4-6,9-10,12-13H2,1-3H3,(H,23,25,28). The number of carbonyl (C=O) groups is 1. The van der Waals surface area contributed by atoms with Crippen LogP contribution in [-0.2, 0) is 11.2 Å². The molecule has 0 bridgehead atoms. The average Bonchev–Trinajstić information content (AvgIpc) is 2.72. The van der Waals surface area contributed by atoms with E-state index in [0.29, 0.717) is 17.6 Å². The first-order valence-electron chi connectivity index (χ1n) is 10.4. The molecule has 0 unspecified atom stereocenters. The fourth-order valence-corrected chi connectivity index (χ4v) is 3.72. The highest BCUT2D eigenvalue weighted by Crippen LogP contribution is 2.22. The first-order valence-corrected chi connectivity index (χ1v) is 10.4. The summed E-state index contributed by atoms with van der Waals surface area (Å²) in [5, 5.41) is 8.24. The summed E-state index contributed by atoms with van der Waals surface area (Å²) in [6.45, 7) is 3.91. The van der Waals surface area contributed by atoms with Crippen molar-refractivity contribution in [3.8, 4) is 17.1 Å². The van der Waals surface area contributed by atoms with Gasteiger partial charge in [-0.3, -0.25) is 9.59 Å². The molecular weight excluding hydrogens is 368 g/mol. The maximum Gasteiger partial charge on any atom is 0.273 e. The molecule has 0 saturated heterocycles. The van der Waals surface area contributed by atoms with Gasteiger partial charge in [0.1, 0.15) is 11.4 Å². The Balaban J connectivity index is 1.64. The summed E-state index contributed by atoms with van der Waals surface area (Å²) in [7, 11) is 1.86. The van der Waals surface area contributed by atoms with E-state index in [1.165, 1.54) is 19.3 Å². The Labute approximate surface area is 171 Å². The summed E-state index contributed by atoms with van der Waals surface area (Å²) in [4.78, 5) is 29.6. The van der Waals surface area contributed by atoms with E-state index in [2.05, 4.69) is 15.2 Å². The van der Waals surface area contributed by atoms with Gasteiger partial charge in [0.2, 0.25) is 5.91 Å². The molecule has 1 saturated carbocycles. The molecule has 0 spiro atoms. The molecule has 2 aromatic rings. The highest BCUT2D eigenvalue weighted by Gasteiger charge is 2.22. The summed E-state index contributed by atoms with van der Waals surface area (Å²) in [5.41, 5.74) is 0.708. The normalized spacial score (nSPS) is 14.8. The Morgan fingerprint density at radius 3 is 2.69 bits per heavy atom. The minimum Gasteiger partial charge on any atom is -0.491 e. The number of nitrogens with one attached hydrogen (secondary N) is 1. The SMILES string of the molecule is CC(C)Oc1cccc(-c2nnc(CCC(=O)N(C)C3CCCCC3)c(=O)[nH]2)c1. The second-order valence-electron chi connectivity index (χ2n) is 7.94. The molecule has 156 valence electrons. The maximum absolute atomic E-state index is 12.5. The van der Waals surface area contributed by atoms with Gasteiger partial charge in [0.05, 0.1) is 6.10 Å². The Hall–Kier alpha value is -2.70. The van der Waals surface area contributed by atoms with Crippen LogP contribution in [0.15, 0.2) is 29.1 Å². The number of rotatable bonds is 7. The number of hydrogen-bond donors (Lipinski definition) is 1. The first kappa shape index (κ1) is 21.0. The Morgan fingerprint density at radius 2 is 2.00 bits per heavy atom. The molecule has 0 atom stereocenters. The number of H-pyrrole nitrogens is 1. The molecule has 7 nitrogen and oxygen atoms in total. The largest absolute Gasteiger partial charge is 0.491 e. The van der Waals surface area contributed by atoms with Gasteiger partial charge in [-0.05, 0) is 38.8 Å². The molecule has 7 heteroatoms. The lowest BCUT2D eigenvalue weighted by molar-refractivity contribution is -0.132. The van der Waals surface area contributed by atoms with E-state index in [9.17, 15) is 9.59 Å². The average molecular weight is 399 g/mol. The van der Waals surface area contributed by atoms with Crippen molar-refractivity contribution in [1.82, 2.24) is 20.1 Å². The van der Waals surface area contributed by atoms with Crippen LogP contribution in [0.1, 0.15) is 58.1 Å². The van der Waals surface area contributed by atoms with Gasteiger partial charge in [0.15, 0.2) is 5.82 Å². The topological polar surface area (TPSA) is 88.2 Å². The minimum atomic E-state index is -0.307. The predicted octanol–water partition coefficient (Wildman–Crippen LogP) is 3.34. The van der Waals surface area contributed by atoms with Crippen LogP contribution in [0.4, 0.5) is 0 Å². The van der Waals surface area contributed by atoms with Gasteiger partial charge in [-0.1, -0.05) is 31.4 Å². The van der Waals surface area contributed by atoms with Gasteiger partial charge < -0.3 is 14.6 Å². The van der Waals surface area contributed by atoms with Crippen LogP contribution in [0.3, 0.4) is 0 Å². The molecule has 0 radical (unpaired) electrons. The predicted molar refractivity (Wildman–Crippen MR) is 112 cm³/mol. The lowest BCUT2D eigenvalue weighted by atomic mass is 9.94. The van der Waals surface area contributed by atoms with E-state index >= 15 is 0 Å². The molecule has 1 aromatic heterocycles. The quantitative estimate of drug-likeness (QED) is 0.773. The van der Waals surface area contributed by atoms with E-state index in [1.54, 1.807) is 0 Å². The van der Waals surface area contributed by atoms with Crippen LogP contribution in [0.5, 0.6) is 5.75 Å². The van der Waals surface area contributed by atoms with Gasteiger partial charge in [-0.15, -0.1) is 10.2 Å². The van der Waals surface area contributed by atoms with Gasteiger partial charge in [-0.2, -0.15) is 0 Å². The fraction of sp³-hybridized carbons (Fsp3) is 0.545. The van der Waals surface area contributed by atoms with Crippen LogP contribution < -0.4 is 10.3 Å². The van der Waals surface area contributed by atoms with Gasteiger partial charge in [0, 0.05) is 31.5 Å².